The molecule has 1 aromatic carbocycles. The van der Waals surface area contributed by atoms with Crippen molar-refractivity contribution in [1.82, 2.24) is 15.1 Å². The third kappa shape index (κ3) is 4.88. The fourth-order valence-electron chi connectivity index (χ4n) is 3.28. The number of benzene rings is 1. The highest BCUT2D eigenvalue weighted by Crippen LogP contribution is 2.20. The minimum absolute atomic E-state index is 0.0905. The molecule has 0 aliphatic carbocycles. The summed E-state index contributed by atoms with van der Waals surface area (Å²) < 4.78 is 0. The van der Waals surface area contributed by atoms with E-state index < -0.39 is 0 Å². The molecule has 1 fully saturated rings. The van der Waals surface area contributed by atoms with Crippen LogP contribution >= 0.6 is 11.6 Å². The Morgan fingerprint density at radius 3 is 2.72 bits per heavy atom. The molecule has 1 aliphatic heterocycles. The van der Waals surface area contributed by atoms with E-state index in [2.05, 4.69) is 5.32 Å². The first kappa shape index (κ1) is 19.6. The van der Waals surface area contributed by atoms with Crippen LogP contribution in [0.15, 0.2) is 18.2 Å². The number of likely N-dealkylation sites (tertiary alicyclic amines) is 1. The van der Waals surface area contributed by atoms with Crippen molar-refractivity contribution >= 4 is 23.5 Å². The minimum Gasteiger partial charge on any atom is -0.343 e. The van der Waals surface area contributed by atoms with Crippen LogP contribution in [0.2, 0.25) is 5.02 Å². The van der Waals surface area contributed by atoms with Crippen molar-refractivity contribution in [1.29, 1.82) is 0 Å². The fraction of sp³-hybridized carbons (Fsp3) is 0.579. The molecule has 6 heteroatoms. The summed E-state index contributed by atoms with van der Waals surface area (Å²) in [5.74, 6) is 0.0699. The molecular weight excluding hydrogens is 338 g/mol. The average molecular weight is 366 g/mol. The lowest BCUT2D eigenvalue weighted by atomic mass is 9.96. The fourth-order valence-corrected chi connectivity index (χ4v) is 3.48. The molecule has 1 unspecified atom stereocenters. The second-order valence-corrected chi connectivity index (χ2v) is 6.89. The lowest BCUT2D eigenvalue weighted by molar-refractivity contribution is -0.136. The Morgan fingerprint density at radius 2 is 2.04 bits per heavy atom. The van der Waals surface area contributed by atoms with E-state index in [1.807, 2.05) is 43.9 Å². The maximum atomic E-state index is 12.5. The highest BCUT2D eigenvalue weighted by molar-refractivity contribution is 6.31. The van der Waals surface area contributed by atoms with Crippen molar-refractivity contribution in [3.63, 3.8) is 0 Å². The summed E-state index contributed by atoms with van der Waals surface area (Å²) in [6.45, 7) is 8.99. The van der Waals surface area contributed by atoms with Crippen LogP contribution in [-0.4, -0.2) is 47.9 Å². The molecule has 3 amide bonds. The van der Waals surface area contributed by atoms with Crippen LogP contribution in [0.5, 0.6) is 0 Å². The second-order valence-electron chi connectivity index (χ2n) is 6.48. The Hall–Kier alpha value is -1.75. The first-order valence-corrected chi connectivity index (χ1v) is 9.41. The molecule has 0 bridgehead atoms. The van der Waals surface area contributed by atoms with Gasteiger partial charge in [-0.15, -0.1) is 0 Å². The van der Waals surface area contributed by atoms with Crippen molar-refractivity contribution in [3.8, 4) is 0 Å². The van der Waals surface area contributed by atoms with Crippen LogP contribution in [0, 0.1) is 12.8 Å². The molecule has 0 spiro atoms. The third-order valence-corrected chi connectivity index (χ3v) is 5.35. The van der Waals surface area contributed by atoms with Gasteiger partial charge in [0, 0.05) is 37.7 Å². The summed E-state index contributed by atoms with van der Waals surface area (Å²) in [4.78, 5) is 28.7. The van der Waals surface area contributed by atoms with E-state index >= 15 is 0 Å². The largest absolute Gasteiger partial charge is 0.343 e. The lowest BCUT2D eigenvalue weighted by Crippen LogP contribution is -2.49. The molecular formula is C19H28ClN3O2. The quantitative estimate of drug-likeness (QED) is 0.869. The lowest BCUT2D eigenvalue weighted by Gasteiger charge is -2.34. The molecule has 1 saturated heterocycles. The zero-order valence-electron chi connectivity index (χ0n) is 15.3. The SMILES string of the molecule is CCN(CC)C(=O)C1CCCN(C(=O)NCc2cccc(Cl)c2C)C1. The van der Waals surface area contributed by atoms with E-state index in [4.69, 9.17) is 11.6 Å². The Balaban J connectivity index is 1.93. The Morgan fingerprint density at radius 1 is 1.32 bits per heavy atom. The van der Waals surface area contributed by atoms with Crippen LogP contribution in [0.3, 0.4) is 0 Å². The molecule has 5 nitrogen and oxygen atoms in total. The number of hydrogen-bond donors (Lipinski definition) is 1. The van der Waals surface area contributed by atoms with Gasteiger partial charge < -0.3 is 15.1 Å². The molecule has 1 aliphatic rings. The van der Waals surface area contributed by atoms with Gasteiger partial charge in [-0.05, 0) is 50.8 Å². The summed E-state index contributed by atoms with van der Waals surface area (Å²) in [5, 5.41) is 3.66. The van der Waals surface area contributed by atoms with Crippen molar-refractivity contribution < 1.29 is 9.59 Å². The van der Waals surface area contributed by atoms with Gasteiger partial charge in [-0.1, -0.05) is 23.7 Å². The maximum Gasteiger partial charge on any atom is 0.317 e. The number of piperidine rings is 1. The molecule has 0 aromatic heterocycles. The number of carbonyl (C=O) groups is 2. The van der Waals surface area contributed by atoms with Gasteiger partial charge in [-0.25, -0.2) is 4.79 Å². The topological polar surface area (TPSA) is 52.7 Å². The van der Waals surface area contributed by atoms with Crippen LogP contribution in [-0.2, 0) is 11.3 Å². The summed E-state index contributed by atoms with van der Waals surface area (Å²) >= 11 is 6.12. The zero-order valence-corrected chi connectivity index (χ0v) is 16.1. The second kappa shape index (κ2) is 9.09. The average Bonchev–Trinajstić information content (AvgIpc) is 2.63. The molecule has 1 heterocycles. The van der Waals surface area contributed by atoms with Gasteiger partial charge in [0.05, 0.1) is 5.92 Å². The number of urea groups is 1. The highest BCUT2D eigenvalue weighted by Gasteiger charge is 2.30. The molecule has 138 valence electrons. The predicted molar refractivity (Wildman–Crippen MR) is 101 cm³/mol. The van der Waals surface area contributed by atoms with Crippen LogP contribution in [0.1, 0.15) is 37.8 Å². The Bertz CT molecular complexity index is 617. The molecule has 1 atom stereocenters. The van der Waals surface area contributed by atoms with E-state index in [1.165, 1.54) is 0 Å². The smallest absolute Gasteiger partial charge is 0.317 e. The van der Waals surface area contributed by atoms with Gasteiger partial charge in [0.1, 0.15) is 0 Å². The molecule has 2 rings (SSSR count). The highest BCUT2D eigenvalue weighted by atomic mass is 35.5. The van der Waals surface area contributed by atoms with Crippen LogP contribution in [0.25, 0.3) is 0 Å². The number of nitrogens with zero attached hydrogens (tertiary/aromatic N) is 2. The van der Waals surface area contributed by atoms with E-state index in [0.717, 1.165) is 24.0 Å². The number of hydrogen-bond acceptors (Lipinski definition) is 2. The van der Waals surface area contributed by atoms with Crippen molar-refractivity contribution in [2.75, 3.05) is 26.2 Å². The maximum absolute atomic E-state index is 12.5. The van der Waals surface area contributed by atoms with Gasteiger partial charge in [0.2, 0.25) is 5.91 Å². The van der Waals surface area contributed by atoms with Crippen molar-refractivity contribution in [3.05, 3.63) is 34.3 Å². The van der Waals surface area contributed by atoms with E-state index in [-0.39, 0.29) is 17.9 Å². The molecule has 0 saturated carbocycles. The summed E-state index contributed by atoms with van der Waals surface area (Å²) in [6.07, 6.45) is 1.72. The predicted octanol–water partition coefficient (Wildman–Crippen LogP) is 3.44. The monoisotopic (exact) mass is 365 g/mol. The number of rotatable bonds is 5. The minimum atomic E-state index is -0.114. The van der Waals surface area contributed by atoms with Crippen LogP contribution in [0.4, 0.5) is 4.79 Å². The molecule has 0 radical (unpaired) electrons. The summed E-state index contributed by atoms with van der Waals surface area (Å²) in [7, 11) is 0. The number of carbonyl (C=O) groups excluding carboxylic acids is 2. The first-order chi connectivity index (χ1) is 12.0. The van der Waals surface area contributed by atoms with E-state index in [1.54, 1.807) is 4.90 Å². The van der Waals surface area contributed by atoms with Crippen molar-refractivity contribution in [2.45, 2.75) is 40.2 Å². The van der Waals surface area contributed by atoms with E-state index in [0.29, 0.717) is 37.7 Å². The van der Waals surface area contributed by atoms with Gasteiger partial charge in [-0.2, -0.15) is 0 Å². The number of amides is 3. The van der Waals surface area contributed by atoms with Gasteiger partial charge >= 0.3 is 6.03 Å². The zero-order chi connectivity index (χ0) is 18.4. The van der Waals surface area contributed by atoms with Gasteiger partial charge in [0.15, 0.2) is 0 Å². The molecule has 1 N–H and O–H groups in total. The first-order valence-electron chi connectivity index (χ1n) is 9.03. The van der Waals surface area contributed by atoms with Gasteiger partial charge in [0.25, 0.3) is 0 Å². The van der Waals surface area contributed by atoms with Crippen LogP contribution < -0.4 is 5.32 Å². The summed E-state index contributed by atoms with van der Waals surface area (Å²) in [6, 6.07) is 5.58. The summed E-state index contributed by atoms with van der Waals surface area (Å²) in [5.41, 5.74) is 1.99. The molecule has 1 aromatic rings. The van der Waals surface area contributed by atoms with Gasteiger partial charge in [-0.3, -0.25) is 4.79 Å². The standard InChI is InChI=1S/C19H28ClN3O2/c1-4-22(5-2)18(24)16-9-7-11-23(13-16)19(25)21-12-15-8-6-10-17(20)14(15)3/h6,8,10,16H,4-5,7,9,11-13H2,1-3H3,(H,21,25). The number of nitrogens with one attached hydrogen (secondary N) is 1. The number of halogens is 1. The third-order valence-electron chi connectivity index (χ3n) is 4.94. The molecule has 25 heavy (non-hydrogen) atoms. The Labute approximate surface area is 155 Å². The normalized spacial score (nSPS) is 17.3. The van der Waals surface area contributed by atoms with Crippen molar-refractivity contribution in [2.24, 2.45) is 5.92 Å². The Kier molecular flexibility index (Phi) is 7.12. The van der Waals surface area contributed by atoms with E-state index in [9.17, 15) is 9.59 Å².